The molecule has 2 rings (SSSR count). The second kappa shape index (κ2) is 10.00. The van der Waals surface area contributed by atoms with Crippen LogP contribution in [0.1, 0.15) is 43.0 Å². The van der Waals surface area contributed by atoms with Crippen molar-refractivity contribution in [3.05, 3.63) is 33.8 Å². The van der Waals surface area contributed by atoms with Gasteiger partial charge in [-0.1, -0.05) is 23.2 Å². The number of carbonyl (C=O) groups is 2. The molecule has 1 aromatic rings. The lowest BCUT2D eigenvalue weighted by Gasteiger charge is -2.30. The third kappa shape index (κ3) is 6.49. The van der Waals surface area contributed by atoms with Crippen LogP contribution in [0.15, 0.2) is 18.2 Å². The molecule has 2 amide bonds. The maximum Gasteiger partial charge on any atom is 0.253 e. The number of amides is 2. The summed E-state index contributed by atoms with van der Waals surface area (Å²) >= 11 is 11.8. The van der Waals surface area contributed by atoms with Gasteiger partial charge in [-0.15, -0.1) is 0 Å². The first-order valence-electron chi connectivity index (χ1n) is 8.82. The van der Waals surface area contributed by atoms with E-state index < -0.39 is 0 Å². The van der Waals surface area contributed by atoms with Gasteiger partial charge in [0.1, 0.15) is 0 Å². The molecule has 1 aliphatic heterocycles. The van der Waals surface area contributed by atoms with Crippen molar-refractivity contribution in [3.63, 3.8) is 0 Å². The molecule has 1 aliphatic rings. The van der Waals surface area contributed by atoms with E-state index >= 15 is 0 Å². The number of rotatable bonds is 7. The SMILES string of the molecule is C[C@@H]1CCCC[NH+]1CCCNC(=O)CNC(=O)c1ccc(Cl)cc1Cl. The molecule has 0 radical (unpaired) electrons. The summed E-state index contributed by atoms with van der Waals surface area (Å²) in [5, 5.41) is 6.15. The van der Waals surface area contributed by atoms with Crippen LogP contribution in [-0.2, 0) is 4.79 Å². The Balaban J connectivity index is 1.64. The van der Waals surface area contributed by atoms with Crippen LogP contribution in [0.4, 0.5) is 0 Å². The number of benzene rings is 1. The molecule has 1 saturated heterocycles. The monoisotopic (exact) mass is 386 g/mol. The molecule has 1 unspecified atom stereocenters. The standard InChI is InChI=1S/C18H25Cl2N3O2/c1-13-5-2-3-9-23(13)10-4-8-21-17(24)12-22-18(25)15-7-6-14(19)11-16(15)20/h6-7,11,13H,2-5,8-10,12H2,1H3,(H,21,24)(H,22,25)/p+1/t13-/m1/s1. The Morgan fingerprint density at radius 2 is 2.04 bits per heavy atom. The minimum atomic E-state index is -0.386. The Labute approximate surface area is 159 Å². The minimum Gasteiger partial charge on any atom is -0.354 e. The average Bonchev–Trinajstić information content (AvgIpc) is 2.58. The summed E-state index contributed by atoms with van der Waals surface area (Å²) in [6.45, 7) is 5.17. The van der Waals surface area contributed by atoms with Crippen LogP contribution in [-0.4, -0.2) is 44.0 Å². The Morgan fingerprint density at radius 1 is 1.24 bits per heavy atom. The fraction of sp³-hybridized carbons (Fsp3) is 0.556. The molecule has 0 aromatic heterocycles. The van der Waals surface area contributed by atoms with Crippen molar-refractivity contribution < 1.29 is 14.5 Å². The van der Waals surface area contributed by atoms with Crippen LogP contribution < -0.4 is 15.5 Å². The van der Waals surface area contributed by atoms with E-state index in [0.29, 0.717) is 23.2 Å². The molecule has 0 aliphatic carbocycles. The van der Waals surface area contributed by atoms with Crippen LogP contribution in [0, 0.1) is 0 Å². The van der Waals surface area contributed by atoms with Gasteiger partial charge in [-0.3, -0.25) is 9.59 Å². The predicted octanol–water partition coefficient (Wildman–Crippen LogP) is 1.69. The van der Waals surface area contributed by atoms with Crippen LogP contribution in [0.5, 0.6) is 0 Å². The molecule has 5 nitrogen and oxygen atoms in total. The van der Waals surface area contributed by atoms with Crippen molar-refractivity contribution in [2.75, 3.05) is 26.2 Å². The normalized spacial score (nSPS) is 20.1. The summed E-state index contributed by atoms with van der Waals surface area (Å²) in [6.07, 6.45) is 4.87. The fourth-order valence-electron chi connectivity index (χ4n) is 3.16. The quantitative estimate of drug-likeness (QED) is 0.624. The summed E-state index contributed by atoms with van der Waals surface area (Å²) in [5.74, 6) is -0.580. The number of halogens is 2. The van der Waals surface area contributed by atoms with Crippen molar-refractivity contribution >= 4 is 35.0 Å². The average molecular weight is 387 g/mol. The van der Waals surface area contributed by atoms with Gasteiger partial charge in [0.2, 0.25) is 5.91 Å². The number of likely N-dealkylation sites (tertiary alicyclic amines) is 1. The Bertz CT molecular complexity index is 610. The third-order valence-electron chi connectivity index (χ3n) is 4.66. The topological polar surface area (TPSA) is 62.6 Å². The second-order valence-electron chi connectivity index (χ2n) is 6.57. The number of quaternary nitrogens is 1. The van der Waals surface area contributed by atoms with E-state index in [0.717, 1.165) is 13.0 Å². The molecule has 1 fully saturated rings. The molecular formula is C18H26Cl2N3O2+. The van der Waals surface area contributed by atoms with Gasteiger partial charge in [-0.05, 0) is 44.4 Å². The molecule has 0 saturated carbocycles. The van der Waals surface area contributed by atoms with Gasteiger partial charge in [0.05, 0.1) is 36.3 Å². The van der Waals surface area contributed by atoms with Gasteiger partial charge in [0, 0.05) is 18.0 Å². The lowest BCUT2D eigenvalue weighted by Crippen LogP contribution is -3.16. The Morgan fingerprint density at radius 3 is 2.76 bits per heavy atom. The molecule has 1 aromatic carbocycles. The Hall–Kier alpha value is -1.30. The van der Waals surface area contributed by atoms with Crippen LogP contribution in [0.2, 0.25) is 10.0 Å². The van der Waals surface area contributed by atoms with Crippen LogP contribution in [0.3, 0.4) is 0 Å². The van der Waals surface area contributed by atoms with E-state index in [1.54, 1.807) is 17.0 Å². The highest BCUT2D eigenvalue weighted by Crippen LogP contribution is 2.20. The van der Waals surface area contributed by atoms with Gasteiger partial charge in [0.25, 0.3) is 5.91 Å². The molecule has 2 atom stereocenters. The number of carbonyl (C=O) groups excluding carboxylic acids is 2. The summed E-state index contributed by atoms with van der Waals surface area (Å²) in [6, 6.07) is 5.35. The number of hydrogen-bond donors (Lipinski definition) is 3. The summed E-state index contributed by atoms with van der Waals surface area (Å²) < 4.78 is 0. The van der Waals surface area contributed by atoms with Gasteiger partial charge in [-0.25, -0.2) is 0 Å². The maximum atomic E-state index is 12.0. The molecule has 25 heavy (non-hydrogen) atoms. The molecule has 0 bridgehead atoms. The Kier molecular flexibility index (Phi) is 8.00. The van der Waals surface area contributed by atoms with Crippen molar-refractivity contribution in [2.24, 2.45) is 0 Å². The summed E-state index contributed by atoms with van der Waals surface area (Å²) in [5.41, 5.74) is 0.307. The minimum absolute atomic E-state index is 0.0647. The smallest absolute Gasteiger partial charge is 0.253 e. The lowest BCUT2D eigenvalue weighted by molar-refractivity contribution is -0.928. The number of hydrogen-bond acceptors (Lipinski definition) is 2. The van der Waals surface area contributed by atoms with E-state index in [4.69, 9.17) is 23.2 Å². The predicted molar refractivity (Wildman–Crippen MR) is 100 cm³/mol. The number of nitrogens with one attached hydrogen (secondary N) is 3. The molecule has 138 valence electrons. The van der Waals surface area contributed by atoms with Crippen LogP contribution >= 0.6 is 23.2 Å². The first kappa shape index (κ1) is 20.0. The van der Waals surface area contributed by atoms with Crippen molar-refractivity contribution in [3.8, 4) is 0 Å². The first-order chi connectivity index (χ1) is 12.0. The zero-order valence-electron chi connectivity index (χ0n) is 14.5. The van der Waals surface area contributed by atoms with E-state index in [1.165, 1.54) is 31.9 Å². The molecule has 3 N–H and O–H groups in total. The third-order valence-corrected chi connectivity index (χ3v) is 5.21. The molecule has 0 spiro atoms. The zero-order chi connectivity index (χ0) is 18.2. The molecular weight excluding hydrogens is 361 g/mol. The van der Waals surface area contributed by atoms with Crippen LogP contribution in [0.25, 0.3) is 0 Å². The summed E-state index contributed by atoms with van der Waals surface area (Å²) in [7, 11) is 0. The van der Waals surface area contributed by atoms with Gasteiger partial charge in [-0.2, -0.15) is 0 Å². The number of piperidine rings is 1. The lowest BCUT2D eigenvalue weighted by atomic mass is 10.0. The van der Waals surface area contributed by atoms with Gasteiger partial charge < -0.3 is 15.5 Å². The van der Waals surface area contributed by atoms with Crippen molar-refractivity contribution in [1.29, 1.82) is 0 Å². The highest BCUT2D eigenvalue weighted by Gasteiger charge is 2.20. The highest BCUT2D eigenvalue weighted by atomic mass is 35.5. The molecule has 1 heterocycles. The van der Waals surface area contributed by atoms with Gasteiger partial charge >= 0.3 is 0 Å². The van der Waals surface area contributed by atoms with E-state index in [9.17, 15) is 9.59 Å². The van der Waals surface area contributed by atoms with E-state index in [1.807, 2.05) is 0 Å². The van der Waals surface area contributed by atoms with Crippen molar-refractivity contribution in [1.82, 2.24) is 10.6 Å². The first-order valence-corrected chi connectivity index (χ1v) is 9.57. The summed E-state index contributed by atoms with van der Waals surface area (Å²) in [4.78, 5) is 25.5. The second-order valence-corrected chi connectivity index (χ2v) is 7.41. The molecule has 7 heteroatoms. The highest BCUT2D eigenvalue weighted by molar-refractivity contribution is 6.36. The fourth-order valence-corrected chi connectivity index (χ4v) is 3.65. The zero-order valence-corrected chi connectivity index (χ0v) is 16.1. The van der Waals surface area contributed by atoms with Gasteiger partial charge in [0.15, 0.2) is 0 Å². The maximum absolute atomic E-state index is 12.0. The van der Waals surface area contributed by atoms with E-state index in [-0.39, 0.29) is 23.4 Å². The van der Waals surface area contributed by atoms with Crippen molar-refractivity contribution in [2.45, 2.75) is 38.6 Å². The largest absolute Gasteiger partial charge is 0.354 e. The van der Waals surface area contributed by atoms with E-state index in [2.05, 4.69) is 17.6 Å².